The van der Waals surface area contributed by atoms with Crippen LogP contribution in [0.3, 0.4) is 0 Å². The van der Waals surface area contributed by atoms with Crippen molar-refractivity contribution in [3.05, 3.63) is 48.2 Å². The molecular formula is C22H20N8O2. The summed E-state index contributed by atoms with van der Waals surface area (Å²) in [5.74, 6) is -0.769. The van der Waals surface area contributed by atoms with E-state index in [1.807, 2.05) is 29.7 Å². The molecule has 0 unspecified atom stereocenters. The van der Waals surface area contributed by atoms with E-state index in [1.165, 1.54) is 6.20 Å². The van der Waals surface area contributed by atoms with Crippen molar-refractivity contribution in [1.82, 2.24) is 34.6 Å². The molecule has 160 valence electrons. The fourth-order valence-electron chi connectivity index (χ4n) is 3.84. The van der Waals surface area contributed by atoms with E-state index >= 15 is 0 Å². The molecule has 1 saturated heterocycles. The lowest BCUT2D eigenvalue weighted by Gasteiger charge is -2.37. The van der Waals surface area contributed by atoms with Gasteiger partial charge in [0, 0.05) is 25.5 Å². The number of fused-ring (bicyclic) bond motifs is 2. The van der Waals surface area contributed by atoms with Gasteiger partial charge in [-0.05, 0) is 25.5 Å². The first-order valence-electron chi connectivity index (χ1n) is 10.2. The van der Waals surface area contributed by atoms with E-state index < -0.39 is 11.9 Å². The van der Waals surface area contributed by atoms with Gasteiger partial charge in [-0.3, -0.25) is 9.59 Å². The Kier molecular flexibility index (Phi) is 4.59. The molecule has 0 radical (unpaired) electrons. The standard InChI is InChI=1S/C22H20N8O2/c1-12-3-4-17-19(26-11-30(17)8-12)16-7-25-20-18(28-16)15(6-24-20)21(31)27-13(2)22(32)29-9-14(5-23)10-29/h3-4,6-8,11,13-14H,9-10H2,1-2H3,(H,24,25)(H,27,31)/t13-/m1/s1. The third-order valence-electron chi connectivity index (χ3n) is 5.64. The number of aromatic amines is 1. The Morgan fingerprint density at radius 2 is 2.12 bits per heavy atom. The van der Waals surface area contributed by atoms with Crippen LogP contribution in [-0.4, -0.2) is 60.2 Å². The quantitative estimate of drug-likeness (QED) is 0.508. The molecule has 1 fully saturated rings. The number of aryl methyl sites for hydroxylation is 1. The van der Waals surface area contributed by atoms with E-state index in [0.29, 0.717) is 41.2 Å². The topological polar surface area (TPSA) is 132 Å². The summed E-state index contributed by atoms with van der Waals surface area (Å²) >= 11 is 0. The monoisotopic (exact) mass is 428 g/mol. The number of nitrogens with one attached hydrogen (secondary N) is 2. The van der Waals surface area contributed by atoms with Gasteiger partial charge in [-0.2, -0.15) is 5.26 Å². The summed E-state index contributed by atoms with van der Waals surface area (Å²) in [4.78, 5) is 43.4. The van der Waals surface area contributed by atoms with E-state index in [4.69, 9.17) is 5.26 Å². The zero-order valence-corrected chi connectivity index (χ0v) is 17.5. The molecule has 10 heteroatoms. The van der Waals surface area contributed by atoms with Crippen molar-refractivity contribution >= 4 is 28.5 Å². The maximum Gasteiger partial charge on any atom is 0.255 e. The minimum absolute atomic E-state index is 0.132. The minimum Gasteiger partial charge on any atom is -0.344 e. The van der Waals surface area contributed by atoms with Gasteiger partial charge in [0.1, 0.15) is 29.3 Å². The number of carbonyl (C=O) groups is 2. The van der Waals surface area contributed by atoms with Crippen LogP contribution in [0.25, 0.3) is 28.1 Å². The van der Waals surface area contributed by atoms with E-state index in [1.54, 1.807) is 24.3 Å². The lowest BCUT2D eigenvalue weighted by atomic mass is 10.0. The van der Waals surface area contributed by atoms with Crippen LogP contribution in [-0.2, 0) is 4.79 Å². The first kappa shape index (κ1) is 19.7. The smallest absolute Gasteiger partial charge is 0.255 e. The Morgan fingerprint density at radius 1 is 1.31 bits per heavy atom. The lowest BCUT2D eigenvalue weighted by Crippen LogP contribution is -2.55. The average Bonchev–Trinajstić information content (AvgIpc) is 3.35. The van der Waals surface area contributed by atoms with E-state index in [0.717, 1.165) is 11.1 Å². The molecular weight excluding hydrogens is 408 g/mol. The van der Waals surface area contributed by atoms with Crippen molar-refractivity contribution in [1.29, 1.82) is 5.26 Å². The molecule has 4 aromatic heterocycles. The number of amides is 2. The van der Waals surface area contributed by atoms with Crippen LogP contribution >= 0.6 is 0 Å². The minimum atomic E-state index is -0.719. The number of carbonyl (C=O) groups excluding carboxylic acids is 2. The van der Waals surface area contributed by atoms with Gasteiger partial charge in [0.15, 0.2) is 5.65 Å². The number of nitrogens with zero attached hydrogens (tertiary/aromatic N) is 6. The first-order chi connectivity index (χ1) is 15.4. The normalized spacial score (nSPS) is 14.8. The van der Waals surface area contributed by atoms with Crippen LogP contribution in [0.2, 0.25) is 0 Å². The molecule has 2 amide bonds. The van der Waals surface area contributed by atoms with Crippen molar-refractivity contribution in [2.75, 3.05) is 13.1 Å². The SMILES string of the molecule is Cc1ccc2c(-c3cnc4[nH]cc(C(=O)N[C@H](C)C(=O)N5CC(C#N)C5)c4n3)ncn2c1. The highest BCUT2D eigenvalue weighted by atomic mass is 16.2. The Morgan fingerprint density at radius 3 is 2.91 bits per heavy atom. The predicted molar refractivity (Wildman–Crippen MR) is 115 cm³/mol. The van der Waals surface area contributed by atoms with Gasteiger partial charge in [-0.15, -0.1) is 0 Å². The van der Waals surface area contributed by atoms with Gasteiger partial charge < -0.3 is 19.6 Å². The number of pyridine rings is 1. The van der Waals surface area contributed by atoms with Crippen molar-refractivity contribution < 1.29 is 9.59 Å². The van der Waals surface area contributed by atoms with Gasteiger partial charge in [-0.25, -0.2) is 15.0 Å². The summed E-state index contributed by atoms with van der Waals surface area (Å²) in [6, 6.07) is 5.38. The van der Waals surface area contributed by atoms with Gasteiger partial charge in [0.2, 0.25) is 5.91 Å². The predicted octanol–water partition coefficient (Wildman–Crippen LogP) is 1.68. The zero-order chi connectivity index (χ0) is 22.4. The molecule has 1 aliphatic rings. The molecule has 0 aromatic carbocycles. The van der Waals surface area contributed by atoms with Gasteiger partial charge >= 0.3 is 0 Å². The Hall–Kier alpha value is -4.26. The molecule has 5 rings (SSSR count). The number of H-pyrrole nitrogens is 1. The summed E-state index contributed by atoms with van der Waals surface area (Å²) in [7, 11) is 0. The number of nitriles is 1. The number of rotatable bonds is 4. The van der Waals surface area contributed by atoms with Gasteiger partial charge in [0.05, 0.1) is 29.3 Å². The number of likely N-dealkylation sites (tertiary alicyclic amines) is 1. The average molecular weight is 428 g/mol. The summed E-state index contributed by atoms with van der Waals surface area (Å²) in [5.41, 5.74) is 4.38. The Labute approximate surface area is 182 Å². The first-order valence-corrected chi connectivity index (χ1v) is 10.2. The number of hydrogen-bond donors (Lipinski definition) is 2. The molecule has 10 nitrogen and oxygen atoms in total. The summed E-state index contributed by atoms with van der Waals surface area (Å²) in [5, 5.41) is 11.6. The third kappa shape index (κ3) is 3.24. The van der Waals surface area contributed by atoms with Crippen LogP contribution in [0.5, 0.6) is 0 Å². The van der Waals surface area contributed by atoms with Crippen molar-refractivity contribution in [3.63, 3.8) is 0 Å². The van der Waals surface area contributed by atoms with Crippen LogP contribution in [0.4, 0.5) is 0 Å². The van der Waals surface area contributed by atoms with Crippen LogP contribution in [0.15, 0.2) is 37.1 Å². The lowest BCUT2D eigenvalue weighted by molar-refractivity contribution is -0.137. The second-order valence-electron chi connectivity index (χ2n) is 8.01. The second kappa shape index (κ2) is 7.46. The highest BCUT2D eigenvalue weighted by Gasteiger charge is 2.33. The molecule has 2 N–H and O–H groups in total. The molecule has 1 aliphatic heterocycles. The number of imidazole rings is 1. The highest BCUT2D eigenvalue weighted by Crippen LogP contribution is 2.24. The molecule has 4 aromatic rings. The fourth-order valence-corrected chi connectivity index (χ4v) is 3.84. The van der Waals surface area contributed by atoms with Crippen LogP contribution in [0, 0.1) is 24.2 Å². The van der Waals surface area contributed by atoms with Gasteiger partial charge in [-0.1, -0.05) is 6.07 Å². The Balaban J connectivity index is 1.40. The van der Waals surface area contributed by atoms with Crippen molar-refractivity contribution in [2.45, 2.75) is 19.9 Å². The molecule has 0 spiro atoms. The molecule has 32 heavy (non-hydrogen) atoms. The molecule has 0 bridgehead atoms. The zero-order valence-electron chi connectivity index (χ0n) is 17.5. The van der Waals surface area contributed by atoms with E-state index in [-0.39, 0.29) is 11.8 Å². The molecule has 0 saturated carbocycles. The largest absolute Gasteiger partial charge is 0.344 e. The summed E-state index contributed by atoms with van der Waals surface area (Å²) in [6.45, 7) is 4.43. The number of aromatic nitrogens is 5. The fraction of sp³-hybridized carbons (Fsp3) is 0.273. The molecule has 5 heterocycles. The van der Waals surface area contributed by atoms with Crippen LogP contribution in [0.1, 0.15) is 22.8 Å². The maximum absolute atomic E-state index is 12.9. The van der Waals surface area contributed by atoms with Crippen LogP contribution < -0.4 is 5.32 Å². The van der Waals surface area contributed by atoms with Crippen molar-refractivity contribution in [2.24, 2.45) is 5.92 Å². The van der Waals surface area contributed by atoms with Gasteiger partial charge in [0.25, 0.3) is 5.91 Å². The molecule has 0 aliphatic carbocycles. The maximum atomic E-state index is 12.9. The molecule has 1 atom stereocenters. The van der Waals surface area contributed by atoms with E-state index in [9.17, 15) is 9.59 Å². The second-order valence-corrected chi connectivity index (χ2v) is 8.01. The number of hydrogen-bond acceptors (Lipinski definition) is 6. The highest BCUT2D eigenvalue weighted by molar-refractivity contribution is 6.06. The Bertz CT molecular complexity index is 1410. The summed E-state index contributed by atoms with van der Waals surface area (Å²) < 4.78 is 1.92. The third-order valence-corrected chi connectivity index (χ3v) is 5.64. The van der Waals surface area contributed by atoms with E-state index in [2.05, 4.69) is 31.3 Å². The van der Waals surface area contributed by atoms with Crippen molar-refractivity contribution in [3.8, 4) is 17.5 Å². The summed E-state index contributed by atoms with van der Waals surface area (Å²) in [6.07, 6.45) is 6.84.